The van der Waals surface area contributed by atoms with E-state index in [9.17, 15) is 4.79 Å². The standard InChI is InChI=1S/C18H14N2O3/c21-18(22-13-14-7-4-5-11-19-14)16-10-6-12-20-17(16)23-15-8-2-1-3-9-15/h1-12H,13H2. The third-order valence-electron chi connectivity index (χ3n) is 3.03. The third kappa shape index (κ3) is 3.91. The topological polar surface area (TPSA) is 61.3 Å². The molecule has 0 aliphatic carbocycles. The molecule has 1 aromatic carbocycles. The quantitative estimate of drug-likeness (QED) is 0.674. The predicted molar refractivity (Wildman–Crippen MR) is 84.1 cm³/mol. The second-order valence-corrected chi connectivity index (χ2v) is 4.67. The Labute approximate surface area is 133 Å². The zero-order valence-electron chi connectivity index (χ0n) is 12.3. The Hall–Kier alpha value is -3.21. The average Bonchev–Trinajstić information content (AvgIpc) is 2.62. The normalized spacial score (nSPS) is 10.1. The number of ether oxygens (including phenoxy) is 2. The fourth-order valence-electron chi connectivity index (χ4n) is 1.93. The molecule has 5 nitrogen and oxygen atoms in total. The molecule has 5 heteroatoms. The van der Waals surface area contributed by atoms with Gasteiger partial charge in [-0.3, -0.25) is 4.98 Å². The van der Waals surface area contributed by atoms with Gasteiger partial charge in [0, 0.05) is 12.4 Å². The highest BCUT2D eigenvalue weighted by atomic mass is 16.5. The number of carbonyl (C=O) groups excluding carboxylic acids is 1. The summed E-state index contributed by atoms with van der Waals surface area (Å²) in [6.45, 7) is 0.0966. The number of para-hydroxylation sites is 1. The minimum Gasteiger partial charge on any atom is -0.455 e. The van der Waals surface area contributed by atoms with Crippen LogP contribution in [0.2, 0.25) is 0 Å². The molecule has 23 heavy (non-hydrogen) atoms. The van der Waals surface area contributed by atoms with Crippen molar-refractivity contribution in [3.8, 4) is 11.6 Å². The van der Waals surface area contributed by atoms with Crippen LogP contribution in [-0.4, -0.2) is 15.9 Å². The van der Waals surface area contributed by atoms with E-state index in [0.717, 1.165) is 0 Å². The molecule has 0 radical (unpaired) electrons. The molecule has 0 unspecified atom stereocenters. The van der Waals surface area contributed by atoms with Gasteiger partial charge in [-0.25, -0.2) is 9.78 Å². The molecule has 0 bridgehead atoms. The lowest BCUT2D eigenvalue weighted by molar-refractivity contribution is 0.0464. The van der Waals surface area contributed by atoms with Gasteiger partial charge in [0.15, 0.2) is 0 Å². The largest absolute Gasteiger partial charge is 0.455 e. The zero-order chi connectivity index (χ0) is 15.9. The van der Waals surface area contributed by atoms with Crippen molar-refractivity contribution in [1.82, 2.24) is 9.97 Å². The fraction of sp³-hybridized carbons (Fsp3) is 0.0556. The van der Waals surface area contributed by atoms with Crippen LogP contribution in [0.1, 0.15) is 16.1 Å². The summed E-state index contributed by atoms with van der Waals surface area (Å²) in [7, 11) is 0. The maximum Gasteiger partial charge on any atom is 0.344 e. The van der Waals surface area contributed by atoms with E-state index in [1.54, 1.807) is 48.8 Å². The summed E-state index contributed by atoms with van der Waals surface area (Å²) < 4.78 is 10.9. The summed E-state index contributed by atoms with van der Waals surface area (Å²) in [4.78, 5) is 20.5. The number of nitrogens with zero attached hydrogens (tertiary/aromatic N) is 2. The van der Waals surface area contributed by atoms with Crippen LogP contribution >= 0.6 is 0 Å². The Bertz CT molecular complexity index is 777. The van der Waals surface area contributed by atoms with E-state index in [2.05, 4.69) is 9.97 Å². The summed E-state index contributed by atoms with van der Waals surface area (Å²) in [5.74, 6) is 0.310. The van der Waals surface area contributed by atoms with E-state index in [1.807, 2.05) is 24.3 Å². The van der Waals surface area contributed by atoms with E-state index in [-0.39, 0.29) is 18.1 Å². The van der Waals surface area contributed by atoms with Gasteiger partial charge in [-0.1, -0.05) is 24.3 Å². The summed E-state index contributed by atoms with van der Waals surface area (Å²) in [6.07, 6.45) is 3.21. The first-order valence-electron chi connectivity index (χ1n) is 7.08. The molecule has 114 valence electrons. The highest BCUT2D eigenvalue weighted by Gasteiger charge is 2.16. The number of pyridine rings is 2. The molecule has 0 aliphatic heterocycles. The zero-order valence-corrected chi connectivity index (χ0v) is 12.3. The first-order chi connectivity index (χ1) is 11.3. The summed E-state index contributed by atoms with van der Waals surface area (Å²) in [5.41, 5.74) is 0.947. The fourth-order valence-corrected chi connectivity index (χ4v) is 1.93. The molecular formula is C18H14N2O3. The Morgan fingerprint density at radius 1 is 0.870 bits per heavy atom. The Morgan fingerprint density at radius 2 is 1.65 bits per heavy atom. The summed E-state index contributed by atoms with van der Waals surface area (Å²) >= 11 is 0. The van der Waals surface area contributed by atoms with Crippen molar-refractivity contribution >= 4 is 5.97 Å². The maximum atomic E-state index is 12.3. The second-order valence-electron chi connectivity index (χ2n) is 4.67. The van der Waals surface area contributed by atoms with Gasteiger partial charge in [-0.2, -0.15) is 0 Å². The SMILES string of the molecule is O=C(OCc1ccccn1)c1cccnc1Oc1ccccc1. The van der Waals surface area contributed by atoms with E-state index in [0.29, 0.717) is 11.4 Å². The molecule has 2 aromatic heterocycles. The molecule has 0 N–H and O–H groups in total. The van der Waals surface area contributed by atoms with Crippen LogP contribution in [0.4, 0.5) is 0 Å². The average molecular weight is 306 g/mol. The van der Waals surface area contributed by atoms with Crippen LogP contribution in [0.5, 0.6) is 11.6 Å². The molecule has 0 fully saturated rings. The molecular weight excluding hydrogens is 292 g/mol. The number of benzene rings is 1. The van der Waals surface area contributed by atoms with Crippen molar-refractivity contribution in [3.05, 3.63) is 84.3 Å². The van der Waals surface area contributed by atoms with Gasteiger partial charge in [0.25, 0.3) is 0 Å². The first-order valence-corrected chi connectivity index (χ1v) is 7.08. The number of carbonyl (C=O) groups is 1. The van der Waals surface area contributed by atoms with Gasteiger partial charge in [-0.15, -0.1) is 0 Å². The van der Waals surface area contributed by atoms with Crippen LogP contribution in [-0.2, 0) is 11.3 Å². The predicted octanol–water partition coefficient (Wildman–Crippen LogP) is 3.63. The minimum atomic E-state index is -0.505. The lowest BCUT2D eigenvalue weighted by atomic mass is 10.2. The highest BCUT2D eigenvalue weighted by molar-refractivity contribution is 5.91. The van der Waals surface area contributed by atoms with Crippen LogP contribution in [0, 0.1) is 0 Å². The van der Waals surface area contributed by atoms with E-state index in [1.165, 1.54) is 0 Å². The van der Waals surface area contributed by atoms with Crippen LogP contribution in [0.25, 0.3) is 0 Å². The molecule has 0 saturated carbocycles. The van der Waals surface area contributed by atoms with Crippen molar-refractivity contribution in [2.24, 2.45) is 0 Å². The number of aromatic nitrogens is 2. The monoisotopic (exact) mass is 306 g/mol. The first kappa shape index (κ1) is 14.7. The van der Waals surface area contributed by atoms with Crippen LogP contribution in [0.15, 0.2) is 73.1 Å². The minimum absolute atomic E-state index is 0.0966. The smallest absolute Gasteiger partial charge is 0.344 e. The van der Waals surface area contributed by atoms with Crippen LogP contribution in [0.3, 0.4) is 0 Å². The van der Waals surface area contributed by atoms with Crippen molar-refractivity contribution in [2.75, 3.05) is 0 Å². The maximum absolute atomic E-state index is 12.3. The lowest BCUT2D eigenvalue weighted by Crippen LogP contribution is -2.08. The van der Waals surface area contributed by atoms with E-state index < -0.39 is 5.97 Å². The summed E-state index contributed by atoms with van der Waals surface area (Å²) in [5, 5.41) is 0. The Morgan fingerprint density at radius 3 is 2.43 bits per heavy atom. The van der Waals surface area contributed by atoms with E-state index >= 15 is 0 Å². The van der Waals surface area contributed by atoms with Gasteiger partial charge in [-0.05, 0) is 36.4 Å². The Balaban J connectivity index is 1.73. The molecule has 0 spiro atoms. The van der Waals surface area contributed by atoms with Gasteiger partial charge < -0.3 is 9.47 Å². The molecule has 3 rings (SSSR count). The molecule has 0 aliphatic rings. The summed E-state index contributed by atoms with van der Waals surface area (Å²) in [6, 6.07) is 17.9. The molecule has 0 saturated heterocycles. The van der Waals surface area contributed by atoms with Gasteiger partial charge in [0.2, 0.25) is 5.88 Å². The number of rotatable bonds is 5. The molecule has 0 amide bonds. The van der Waals surface area contributed by atoms with Gasteiger partial charge in [0.05, 0.1) is 5.69 Å². The van der Waals surface area contributed by atoms with Crippen LogP contribution < -0.4 is 4.74 Å². The van der Waals surface area contributed by atoms with Gasteiger partial charge in [0.1, 0.15) is 17.9 Å². The lowest BCUT2D eigenvalue weighted by Gasteiger charge is -2.09. The molecule has 0 atom stereocenters. The Kier molecular flexibility index (Phi) is 4.59. The second kappa shape index (κ2) is 7.17. The number of hydrogen-bond acceptors (Lipinski definition) is 5. The number of hydrogen-bond donors (Lipinski definition) is 0. The number of esters is 1. The van der Waals surface area contributed by atoms with Gasteiger partial charge >= 0.3 is 5.97 Å². The molecule has 2 heterocycles. The molecule has 3 aromatic rings. The highest BCUT2D eigenvalue weighted by Crippen LogP contribution is 2.23. The third-order valence-corrected chi connectivity index (χ3v) is 3.03. The van der Waals surface area contributed by atoms with E-state index in [4.69, 9.17) is 9.47 Å². The van der Waals surface area contributed by atoms with Crippen molar-refractivity contribution in [2.45, 2.75) is 6.61 Å². The van der Waals surface area contributed by atoms with Crippen molar-refractivity contribution in [3.63, 3.8) is 0 Å². The van der Waals surface area contributed by atoms with Crippen molar-refractivity contribution < 1.29 is 14.3 Å². The van der Waals surface area contributed by atoms with Crippen molar-refractivity contribution in [1.29, 1.82) is 0 Å².